The van der Waals surface area contributed by atoms with Gasteiger partial charge >= 0.3 is 0 Å². The normalized spacial score (nSPS) is 16.0. The maximum atomic E-state index is 13.3. The van der Waals surface area contributed by atoms with Crippen LogP contribution >= 0.6 is 0 Å². The Hall–Kier alpha value is -3.02. The predicted octanol–water partition coefficient (Wildman–Crippen LogP) is 2.49. The van der Waals surface area contributed by atoms with Gasteiger partial charge in [-0.2, -0.15) is 0 Å². The Morgan fingerprint density at radius 3 is 2.63 bits per heavy atom. The van der Waals surface area contributed by atoms with Crippen LogP contribution in [0.25, 0.3) is 0 Å². The summed E-state index contributed by atoms with van der Waals surface area (Å²) in [5.74, 6) is -0.325. The minimum atomic E-state index is -0.573. The van der Waals surface area contributed by atoms with E-state index in [1.807, 2.05) is 17.0 Å². The number of benzene rings is 2. The van der Waals surface area contributed by atoms with E-state index in [0.717, 1.165) is 17.9 Å². The minimum Gasteiger partial charge on any atom is -0.483 e. The maximum Gasteiger partial charge on any atom is 0.262 e. The number of carbonyl (C=O) groups excluding carboxylic acids is 2. The van der Waals surface area contributed by atoms with Gasteiger partial charge in [-0.1, -0.05) is 24.3 Å². The first-order valence-corrected chi connectivity index (χ1v) is 9.24. The average Bonchev–Trinajstić information content (AvgIpc) is 3.50. The number of primary amides is 1. The molecule has 2 N–H and O–H groups in total. The summed E-state index contributed by atoms with van der Waals surface area (Å²) in [6.45, 7) is 3.27. The number of hydrogen-bond acceptors (Lipinski definition) is 4. The zero-order valence-electron chi connectivity index (χ0n) is 15.4. The highest BCUT2D eigenvalue weighted by atomic mass is 16.5. The molecule has 1 heterocycles. The second kappa shape index (κ2) is 6.95. The van der Waals surface area contributed by atoms with Crippen LogP contribution in [0, 0.1) is 6.92 Å². The van der Waals surface area contributed by atoms with E-state index in [0.29, 0.717) is 23.9 Å². The van der Waals surface area contributed by atoms with Gasteiger partial charge in [-0.05, 0) is 43.5 Å². The number of nitrogens with zero attached hydrogens (tertiary/aromatic N) is 2. The molecule has 1 fully saturated rings. The Morgan fingerprint density at radius 1 is 1.11 bits per heavy atom. The molecule has 2 aliphatic rings. The van der Waals surface area contributed by atoms with Gasteiger partial charge in [0.2, 0.25) is 0 Å². The van der Waals surface area contributed by atoms with Crippen molar-refractivity contribution in [2.24, 2.45) is 5.73 Å². The fourth-order valence-electron chi connectivity index (χ4n) is 3.70. The van der Waals surface area contributed by atoms with Crippen LogP contribution in [0.4, 0.5) is 11.4 Å². The number of rotatable bonds is 5. The molecule has 140 valence electrons. The largest absolute Gasteiger partial charge is 0.483 e. The summed E-state index contributed by atoms with van der Waals surface area (Å²) in [7, 11) is 0. The van der Waals surface area contributed by atoms with Crippen LogP contribution in [0.5, 0.6) is 5.75 Å². The first-order chi connectivity index (χ1) is 13.1. The lowest BCUT2D eigenvalue weighted by Crippen LogP contribution is -2.45. The van der Waals surface area contributed by atoms with Crippen molar-refractivity contribution in [3.05, 3.63) is 53.6 Å². The second-order valence-corrected chi connectivity index (χ2v) is 7.08. The molecule has 0 saturated heterocycles. The van der Waals surface area contributed by atoms with E-state index in [1.165, 1.54) is 18.4 Å². The Balaban J connectivity index is 1.68. The number of carbonyl (C=O) groups is 2. The molecular weight excluding hydrogens is 342 g/mol. The molecule has 1 saturated carbocycles. The third kappa shape index (κ3) is 3.35. The lowest BCUT2D eigenvalue weighted by atomic mass is 10.1. The molecule has 1 aliphatic heterocycles. The van der Waals surface area contributed by atoms with Crippen molar-refractivity contribution >= 4 is 23.2 Å². The molecule has 2 aromatic rings. The summed E-state index contributed by atoms with van der Waals surface area (Å²) in [5, 5.41) is 0. The molecule has 2 amide bonds. The molecule has 2 aromatic carbocycles. The second-order valence-electron chi connectivity index (χ2n) is 7.08. The number of amides is 2. The van der Waals surface area contributed by atoms with Gasteiger partial charge in [0.1, 0.15) is 5.75 Å². The quantitative estimate of drug-likeness (QED) is 0.883. The molecule has 4 rings (SSSR count). The maximum absolute atomic E-state index is 13.3. The standard InChI is InChI=1S/C21H23N3O3/c1-14-5-4-7-17-20(14)23(15-9-10-15)11-12-24(17)21(26)16-6-2-3-8-18(16)27-13-19(22)25/h2-8,15H,9-13H2,1H3,(H2,22,25). The molecule has 0 atom stereocenters. The van der Waals surface area contributed by atoms with E-state index >= 15 is 0 Å². The third-order valence-electron chi connectivity index (χ3n) is 5.08. The lowest BCUT2D eigenvalue weighted by Gasteiger charge is -2.39. The highest BCUT2D eigenvalue weighted by Gasteiger charge is 2.36. The van der Waals surface area contributed by atoms with Gasteiger partial charge in [0.05, 0.1) is 16.9 Å². The molecule has 0 bridgehead atoms. The van der Waals surface area contributed by atoms with E-state index in [9.17, 15) is 9.59 Å². The first kappa shape index (κ1) is 17.4. The van der Waals surface area contributed by atoms with Crippen molar-refractivity contribution in [2.45, 2.75) is 25.8 Å². The van der Waals surface area contributed by atoms with Crippen LogP contribution in [0.15, 0.2) is 42.5 Å². The minimum absolute atomic E-state index is 0.127. The van der Waals surface area contributed by atoms with E-state index in [1.54, 1.807) is 24.3 Å². The van der Waals surface area contributed by atoms with Gasteiger partial charge in [-0.15, -0.1) is 0 Å². The Kier molecular flexibility index (Phi) is 4.48. The summed E-state index contributed by atoms with van der Waals surface area (Å²) in [4.78, 5) is 28.6. The molecule has 0 unspecified atom stereocenters. The molecule has 27 heavy (non-hydrogen) atoms. The van der Waals surface area contributed by atoms with Gasteiger partial charge in [0.25, 0.3) is 11.8 Å². The number of fused-ring (bicyclic) bond motifs is 1. The number of aryl methyl sites for hydroxylation is 1. The molecule has 6 heteroatoms. The Labute approximate surface area is 158 Å². The molecule has 0 radical (unpaired) electrons. The van der Waals surface area contributed by atoms with Crippen molar-refractivity contribution in [3.63, 3.8) is 0 Å². The van der Waals surface area contributed by atoms with Gasteiger partial charge in [-0.3, -0.25) is 9.59 Å². The molecule has 1 aliphatic carbocycles. The molecule has 0 spiro atoms. The van der Waals surface area contributed by atoms with Gasteiger partial charge in [0.15, 0.2) is 6.61 Å². The molecule has 6 nitrogen and oxygen atoms in total. The van der Waals surface area contributed by atoms with Gasteiger partial charge in [0, 0.05) is 19.1 Å². The van der Waals surface area contributed by atoms with E-state index in [-0.39, 0.29) is 12.5 Å². The summed E-state index contributed by atoms with van der Waals surface area (Å²) < 4.78 is 5.46. The van der Waals surface area contributed by atoms with Crippen molar-refractivity contribution < 1.29 is 14.3 Å². The zero-order chi connectivity index (χ0) is 19.0. The number of ether oxygens (including phenoxy) is 1. The highest BCUT2D eigenvalue weighted by molar-refractivity contribution is 6.10. The number of nitrogens with two attached hydrogens (primary N) is 1. The van der Waals surface area contributed by atoms with E-state index in [4.69, 9.17) is 10.5 Å². The van der Waals surface area contributed by atoms with E-state index < -0.39 is 5.91 Å². The number of hydrogen-bond donors (Lipinski definition) is 1. The van der Waals surface area contributed by atoms with Gasteiger partial charge < -0.3 is 20.3 Å². The monoisotopic (exact) mass is 365 g/mol. The van der Waals surface area contributed by atoms with Crippen LogP contribution < -0.4 is 20.3 Å². The summed E-state index contributed by atoms with van der Waals surface area (Å²) in [6, 6.07) is 13.6. The summed E-state index contributed by atoms with van der Waals surface area (Å²) >= 11 is 0. The topological polar surface area (TPSA) is 75.9 Å². The fraction of sp³-hybridized carbons (Fsp3) is 0.333. The van der Waals surface area contributed by atoms with Crippen molar-refractivity contribution in [3.8, 4) is 5.75 Å². The van der Waals surface area contributed by atoms with Crippen molar-refractivity contribution in [1.82, 2.24) is 0 Å². The smallest absolute Gasteiger partial charge is 0.262 e. The Morgan fingerprint density at radius 2 is 1.89 bits per heavy atom. The summed E-state index contributed by atoms with van der Waals surface area (Å²) in [5.41, 5.74) is 8.87. The fourth-order valence-corrected chi connectivity index (χ4v) is 3.70. The van der Waals surface area contributed by atoms with Crippen LogP contribution in [0.2, 0.25) is 0 Å². The van der Waals surface area contributed by atoms with Crippen molar-refractivity contribution in [1.29, 1.82) is 0 Å². The van der Waals surface area contributed by atoms with Crippen LogP contribution in [-0.4, -0.2) is 37.6 Å². The lowest BCUT2D eigenvalue weighted by molar-refractivity contribution is -0.119. The molecular formula is C21H23N3O3. The SMILES string of the molecule is Cc1cccc2c1N(C1CC1)CCN2C(=O)c1ccccc1OCC(N)=O. The van der Waals surface area contributed by atoms with Crippen LogP contribution in [-0.2, 0) is 4.79 Å². The van der Waals surface area contributed by atoms with E-state index in [2.05, 4.69) is 17.9 Å². The first-order valence-electron chi connectivity index (χ1n) is 9.24. The third-order valence-corrected chi connectivity index (χ3v) is 5.08. The van der Waals surface area contributed by atoms with Crippen LogP contribution in [0.3, 0.4) is 0 Å². The zero-order valence-corrected chi connectivity index (χ0v) is 15.4. The average molecular weight is 365 g/mol. The molecule has 0 aromatic heterocycles. The van der Waals surface area contributed by atoms with Crippen LogP contribution in [0.1, 0.15) is 28.8 Å². The van der Waals surface area contributed by atoms with Gasteiger partial charge in [-0.25, -0.2) is 0 Å². The number of anilines is 2. The van der Waals surface area contributed by atoms with Crippen molar-refractivity contribution in [2.75, 3.05) is 29.5 Å². The predicted molar refractivity (Wildman–Crippen MR) is 104 cm³/mol. The summed E-state index contributed by atoms with van der Waals surface area (Å²) in [6.07, 6.45) is 2.43. The Bertz CT molecular complexity index is 892. The number of para-hydroxylation sites is 2. The highest BCUT2D eigenvalue weighted by Crippen LogP contribution is 2.42.